The van der Waals surface area contributed by atoms with Crippen LogP contribution in [-0.2, 0) is 6.54 Å². The lowest BCUT2D eigenvalue weighted by atomic mass is 9.76. The summed E-state index contributed by atoms with van der Waals surface area (Å²) in [5.41, 5.74) is 2.13. The molecule has 1 fully saturated rings. The molecule has 0 saturated heterocycles. The molecule has 20 heavy (non-hydrogen) atoms. The molecule has 0 aromatic carbocycles. The van der Waals surface area contributed by atoms with Crippen LogP contribution in [0.2, 0.25) is 0 Å². The van der Waals surface area contributed by atoms with Crippen molar-refractivity contribution in [2.75, 3.05) is 13.2 Å². The summed E-state index contributed by atoms with van der Waals surface area (Å²) in [4.78, 5) is 0. The predicted molar refractivity (Wildman–Crippen MR) is 81.8 cm³/mol. The average molecular weight is 279 g/mol. The van der Waals surface area contributed by atoms with Crippen LogP contribution in [-0.4, -0.2) is 33.6 Å². The van der Waals surface area contributed by atoms with Gasteiger partial charge in [0.2, 0.25) is 0 Å². The Kier molecular flexibility index (Phi) is 5.22. The first-order valence-corrected chi connectivity index (χ1v) is 7.92. The van der Waals surface area contributed by atoms with E-state index in [0.717, 1.165) is 18.8 Å². The van der Waals surface area contributed by atoms with Gasteiger partial charge in [-0.15, -0.1) is 0 Å². The van der Waals surface area contributed by atoms with E-state index in [0.29, 0.717) is 5.92 Å². The normalized spacial score (nSPS) is 20.0. The molecule has 4 nitrogen and oxygen atoms in total. The van der Waals surface area contributed by atoms with Gasteiger partial charge in [0.15, 0.2) is 0 Å². The van der Waals surface area contributed by atoms with Crippen molar-refractivity contribution in [1.29, 1.82) is 0 Å². The van der Waals surface area contributed by atoms with Gasteiger partial charge in [-0.05, 0) is 45.6 Å². The van der Waals surface area contributed by atoms with Gasteiger partial charge in [-0.1, -0.05) is 19.3 Å². The number of aliphatic hydroxyl groups excluding tert-OH is 1. The van der Waals surface area contributed by atoms with Crippen molar-refractivity contribution in [3.05, 3.63) is 17.5 Å². The Bertz CT molecular complexity index is 423. The summed E-state index contributed by atoms with van der Waals surface area (Å²) in [6, 6.07) is 2.10. The predicted octanol–water partition coefficient (Wildman–Crippen LogP) is 2.42. The smallest absolute Gasteiger partial charge is 0.0613 e. The number of hydrogen-bond donors (Lipinski definition) is 2. The van der Waals surface area contributed by atoms with Gasteiger partial charge >= 0.3 is 0 Å². The van der Waals surface area contributed by atoms with E-state index in [4.69, 9.17) is 0 Å². The van der Waals surface area contributed by atoms with Crippen LogP contribution in [0.15, 0.2) is 6.07 Å². The molecule has 0 spiro atoms. The zero-order valence-corrected chi connectivity index (χ0v) is 13.2. The molecule has 1 aliphatic carbocycles. The number of aryl methyl sites for hydroxylation is 2. The molecule has 0 bridgehead atoms. The molecule has 0 aliphatic heterocycles. The largest absolute Gasteiger partial charge is 0.394 e. The number of aliphatic hydroxyl groups is 1. The van der Waals surface area contributed by atoms with Crippen LogP contribution in [0.4, 0.5) is 0 Å². The summed E-state index contributed by atoms with van der Waals surface area (Å²) >= 11 is 0. The molecule has 1 aromatic heterocycles. The lowest BCUT2D eigenvalue weighted by molar-refractivity contribution is 0.0942. The number of aromatic nitrogens is 2. The second-order valence-electron chi connectivity index (χ2n) is 6.49. The molecule has 1 atom stereocenters. The van der Waals surface area contributed by atoms with Crippen LogP contribution < -0.4 is 5.32 Å². The van der Waals surface area contributed by atoms with Gasteiger partial charge in [-0.3, -0.25) is 4.68 Å². The fraction of sp³-hybridized carbons (Fsp3) is 0.812. The molecule has 0 radical (unpaired) electrons. The summed E-state index contributed by atoms with van der Waals surface area (Å²) < 4.78 is 2.04. The highest BCUT2D eigenvalue weighted by molar-refractivity contribution is 5.06. The van der Waals surface area contributed by atoms with E-state index in [1.807, 2.05) is 11.6 Å². The van der Waals surface area contributed by atoms with Crippen molar-refractivity contribution in [1.82, 2.24) is 15.1 Å². The minimum Gasteiger partial charge on any atom is -0.394 e. The van der Waals surface area contributed by atoms with Crippen molar-refractivity contribution >= 4 is 0 Å². The van der Waals surface area contributed by atoms with Crippen molar-refractivity contribution in [3.8, 4) is 0 Å². The molecule has 2 rings (SSSR count). The first-order chi connectivity index (χ1) is 9.55. The van der Waals surface area contributed by atoms with Crippen molar-refractivity contribution in [2.45, 2.75) is 65.0 Å². The van der Waals surface area contributed by atoms with E-state index in [1.165, 1.54) is 37.8 Å². The van der Waals surface area contributed by atoms with Crippen LogP contribution in [0.3, 0.4) is 0 Å². The monoisotopic (exact) mass is 279 g/mol. The zero-order chi connectivity index (χ0) is 14.6. The summed E-state index contributed by atoms with van der Waals surface area (Å²) in [6.07, 6.45) is 6.44. The molecule has 0 unspecified atom stereocenters. The average Bonchev–Trinajstić information content (AvgIpc) is 2.78. The maximum absolute atomic E-state index is 9.81. The molecular formula is C16H29N3O. The van der Waals surface area contributed by atoms with E-state index >= 15 is 0 Å². The van der Waals surface area contributed by atoms with E-state index in [9.17, 15) is 5.11 Å². The Labute approximate surface area is 122 Å². The van der Waals surface area contributed by atoms with E-state index in [2.05, 4.69) is 30.3 Å². The molecule has 1 aliphatic rings. The molecule has 2 N–H and O–H groups in total. The second kappa shape index (κ2) is 6.72. The van der Waals surface area contributed by atoms with Gasteiger partial charge in [0.25, 0.3) is 0 Å². The van der Waals surface area contributed by atoms with Crippen LogP contribution in [0.1, 0.15) is 50.4 Å². The lowest BCUT2D eigenvalue weighted by Crippen LogP contribution is -2.53. The van der Waals surface area contributed by atoms with Crippen LogP contribution >= 0.6 is 0 Å². The maximum atomic E-state index is 9.81. The minimum atomic E-state index is -0.142. The maximum Gasteiger partial charge on any atom is 0.0613 e. The lowest BCUT2D eigenvalue weighted by Gasteiger charge is -2.39. The minimum absolute atomic E-state index is 0.142. The van der Waals surface area contributed by atoms with E-state index < -0.39 is 0 Å². The van der Waals surface area contributed by atoms with Gasteiger partial charge < -0.3 is 10.4 Å². The van der Waals surface area contributed by atoms with Crippen LogP contribution in [0.5, 0.6) is 0 Å². The van der Waals surface area contributed by atoms with Crippen molar-refractivity contribution in [2.24, 2.45) is 5.92 Å². The molecule has 1 heterocycles. The van der Waals surface area contributed by atoms with Gasteiger partial charge in [0.05, 0.1) is 18.8 Å². The fourth-order valence-electron chi connectivity index (χ4n) is 3.42. The molecule has 114 valence electrons. The highest BCUT2D eigenvalue weighted by Crippen LogP contribution is 2.32. The Hall–Kier alpha value is -0.870. The van der Waals surface area contributed by atoms with Gasteiger partial charge in [0, 0.05) is 17.8 Å². The molecule has 1 aromatic rings. The Balaban J connectivity index is 1.88. The molecule has 4 heteroatoms. The fourth-order valence-corrected chi connectivity index (χ4v) is 3.42. The summed E-state index contributed by atoms with van der Waals surface area (Å²) in [6.45, 7) is 8.22. The van der Waals surface area contributed by atoms with Crippen molar-refractivity contribution < 1.29 is 5.11 Å². The number of nitrogens with one attached hydrogen (secondary N) is 1. The standard InChI is InChI=1S/C16H29N3O/c1-13-11-14(2)19(18-13)10-9-17-16(3,12-20)15-7-5-4-6-8-15/h11,15,17,20H,4-10,12H2,1-3H3/t16-/m0/s1. The first kappa shape index (κ1) is 15.5. The van der Waals surface area contributed by atoms with Gasteiger partial charge in [0.1, 0.15) is 0 Å². The highest BCUT2D eigenvalue weighted by atomic mass is 16.3. The SMILES string of the molecule is Cc1cc(C)n(CCN[C@@](C)(CO)C2CCCCC2)n1. The third kappa shape index (κ3) is 3.61. The molecule has 0 amide bonds. The Morgan fingerprint density at radius 2 is 2.05 bits per heavy atom. The third-order valence-corrected chi connectivity index (χ3v) is 4.79. The van der Waals surface area contributed by atoms with E-state index in [-0.39, 0.29) is 12.1 Å². The Morgan fingerprint density at radius 3 is 2.60 bits per heavy atom. The Morgan fingerprint density at radius 1 is 1.35 bits per heavy atom. The van der Waals surface area contributed by atoms with Gasteiger partial charge in [-0.25, -0.2) is 0 Å². The second-order valence-corrected chi connectivity index (χ2v) is 6.49. The highest BCUT2D eigenvalue weighted by Gasteiger charge is 2.33. The third-order valence-electron chi connectivity index (χ3n) is 4.79. The number of rotatable bonds is 6. The number of hydrogen-bond acceptors (Lipinski definition) is 3. The van der Waals surface area contributed by atoms with E-state index in [1.54, 1.807) is 0 Å². The molecular weight excluding hydrogens is 250 g/mol. The van der Waals surface area contributed by atoms with Crippen LogP contribution in [0.25, 0.3) is 0 Å². The molecule has 1 saturated carbocycles. The zero-order valence-electron chi connectivity index (χ0n) is 13.2. The first-order valence-electron chi connectivity index (χ1n) is 7.92. The quantitative estimate of drug-likeness (QED) is 0.841. The number of nitrogens with zero attached hydrogens (tertiary/aromatic N) is 2. The van der Waals surface area contributed by atoms with Crippen molar-refractivity contribution in [3.63, 3.8) is 0 Å². The van der Waals surface area contributed by atoms with Crippen LogP contribution in [0, 0.1) is 19.8 Å². The topological polar surface area (TPSA) is 50.1 Å². The van der Waals surface area contributed by atoms with Gasteiger partial charge in [-0.2, -0.15) is 5.10 Å². The summed E-state index contributed by atoms with van der Waals surface area (Å²) in [7, 11) is 0. The summed E-state index contributed by atoms with van der Waals surface area (Å²) in [5, 5.41) is 17.9. The summed E-state index contributed by atoms with van der Waals surface area (Å²) in [5.74, 6) is 0.599.